The van der Waals surface area contributed by atoms with Gasteiger partial charge < -0.3 is 19.7 Å². The fourth-order valence-corrected chi connectivity index (χ4v) is 3.54. The molecule has 0 saturated carbocycles. The first-order valence-electron chi connectivity index (χ1n) is 10.7. The average Bonchev–Trinajstić information content (AvgIpc) is 2.87. The van der Waals surface area contributed by atoms with E-state index in [2.05, 4.69) is 5.32 Å². The highest BCUT2D eigenvalue weighted by Crippen LogP contribution is 2.31. The number of nitrogens with zero attached hydrogens (tertiary/aromatic N) is 1. The SMILES string of the molecule is O=C(COC(=O)CCN1C(=O)COc2ccccc21)Nc1ccccc1C(=O)c1ccccc1. The number of ether oxygens (including phenoxy) is 2. The van der Waals surface area contributed by atoms with E-state index in [0.29, 0.717) is 28.3 Å². The number of hydrogen-bond donors (Lipinski definition) is 1. The number of carbonyl (C=O) groups is 4. The second-order valence-corrected chi connectivity index (χ2v) is 7.50. The summed E-state index contributed by atoms with van der Waals surface area (Å²) in [6, 6.07) is 22.4. The summed E-state index contributed by atoms with van der Waals surface area (Å²) in [7, 11) is 0. The molecule has 0 radical (unpaired) electrons. The summed E-state index contributed by atoms with van der Waals surface area (Å²) >= 11 is 0. The van der Waals surface area contributed by atoms with E-state index in [1.807, 2.05) is 6.07 Å². The van der Waals surface area contributed by atoms with Crippen molar-refractivity contribution in [1.82, 2.24) is 0 Å². The van der Waals surface area contributed by atoms with Crippen LogP contribution in [-0.4, -0.2) is 43.3 Å². The summed E-state index contributed by atoms with van der Waals surface area (Å²) in [5, 5.41) is 2.62. The average molecular weight is 458 g/mol. The molecule has 0 bridgehead atoms. The van der Waals surface area contributed by atoms with Crippen molar-refractivity contribution in [2.45, 2.75) is 6.42 Å². The molecule has 3 aromatic rings. The molecule has 0 fully saturated rings. The number of hydrogen-bond acceptors (Lipinski definition) is 6. The summed E-state index contributed by atoms with van der Waals surface area (Å²) in [6.07, 6.45) is -0.0869. The highest BCUT2D eigenvalue weighted by atomic mass is 16.5. The van der Waals surface area contributed by atoms with E-state index in [-0.39, 0.29) is 31.3 Å². The maximum Gasteiger partial charge on any atom is 0.308 e. The number of para-hydroxylation sites is 3. The maximum absolute atomic E-state index is 12.8. The molecule has 172 valence electrons. The normalized spacial score (nSPS) is 12.4. The summed E-state index contributed by atoms with van der Waals surface area (Å²) in [5.74, 6) is -1.12. The lowest BCUT2D eigenvalue weighted by Crippen LogP contribution is -2.40. The Kier molecular flexibility index (Phi) is 6.98. The van der Waals surface area contributed by atoms with E-state index < -0.39 is 18.5 Å². The number of amides is 2. The monoisotopic (exact) mass is 458 g/mol. The molecule has 1 aliphatic heterocycles. The number of ketones is 1. The van der Waals surface area contributed by atoms with Gasteiger partial charge in [-0.05, 0) is 24.3 Å². The van der Waals surface area contributed by atoms with Crippen LogP contribution in [0, 0.1) is 0 Å². The second-order valence-electron chi connectivity index (χ2n) is 7.50. The molecule has 34 heavy (non-hydrogen) atoms. The molecular weight excluding hydrogens is 436 g/mol. The van der Waals surface area contributed by atoms with Crippen molar-refractivity contribution < 1.29 is 28.7 Å². The van der Waals surface area contributed by atoms with Gasteiger partial charge in [0.2, 0.25) is 0 Å². The fourth-order valence-electron chi connectivity index (χ4n) is 3.54. The number of anilines is 2. The Morgan fingerprint density at radius 1 is 0.912 bits per heavy atom. The smallest absolute Gasteiger partial charge is 0.308 e. The topological polar surface area (TPSA) is 102 Å². The first-order valence-corrected chi connectivity index (χ1v) is 10.7. The molecule has 0 atom stereocenters. The molecule has 0 aromatic heterocycles. The quantitative estimate of drug-likeness (QED) is 0.411. The van der Waals surface area contributed by atoms with Gasteiger partial charge in [-0.2, -0.15) is 0 Å². The molecule has 8 nitrogen and oxygen atoms in total. The number of rotatable bonds is 8. The van der Waals surface area contributed by atoms with E-state index in [4.69, 9.17) is 9.47 Å². The minimum atomic E-state index is -0.624. The Bertz CT molecular complexity index is 1220. The predicted molar refractivity (Wildman–Crippen MR) is 125 cm³/mol. The van der Waals surface area contributed by atoms with Crippen molar-refractivity contribution in [2.24, 2.45) is 0 Å². The highest BCUT2D eigenvalue weighted by Gasteiger charge is 2.25. The van der Waals surface area contributed by atoms with E-state index in [1.54, 1.807) is 72.8 Å². The maximum atomic E-state index is 12.8. The van der Waals surface area contributed by atoms with Gasteiger partial charge >= 0.3 is 5.97 Å². The zero-order valence-corrected chi connectivity index (χ0v) is 18.2. The van der Waals surface area contributed by atoms with Gasteiger partial charge in [-0.3, -0.25) is 19.2 Å². The highest BCUT2D eigenvalue weighted by molar-refractivity contribution is 6.13. The van der Waals surface area contributed by atoms with Gasteiger partial charge in [0.05, 0.1) is 17.8 Å². The number of nitrogens with one attached hydrogen (secondary N) is 1. The molecule has 3 aromatic carbocycles. The van der Waals surface area contributed by atoms with Gasteiger partial charge in [0, 0.05) is 17.7 Å². The molecule has 1 aliphatic rings. The van der Waals surface area contributed by atoms with Crippen molar-refractivity contribution in [3.05, 3.63) is 90.0 Å². The van der Waals surface area contributed by atoms with Gasteiger partial charge in [0.15, 0.2) is 19.0 Å². The minimum Gasteiger partial charge on any atom is -0.482 e. The number of carbonyl (C=O) groups excluding carboxylic acids is 4. The molecule has 0 saturated heterocycles. The lowest BCUT2D eigenvalue weighted by atomic mass is 10.0. The van der Waals surface area contributed by atoms with Crippen molar-refractivity contribution >= 4 is 34.9 Å². The van der Waals surface area contributed by atoms with Crippen LogP contribution >= 0.6 is 0 Å². The van der Waals surface area contributed by atoms with Gasteiger partial charge in [0.1, 0.15) is 5.75 Å². The molecule has 1 N–H and O–H groups in total. The van der Waals surface area contributed by atoms with Crippen LogP contribution in [0.15, 0.2) is 78.9 Å². The Labute approximate surface area is 196 Å². The largest absolute Gasteiger partial charge is 0.482 e. The zero-order valence-electron chi connectivity index (χ0n) is 18.2. The fraction of sp³-hybridized carbons (Fsp3) is 0.154. The van der Waals surface area contributed by atoms with Gasteiger partial charge in [-0.1, -0.05) is 54.6 Å². The first-order chi connectivity index (χ1) is 16.5. The molecule has 2 amide bonds. The molecule has 0 spiro atoms. The third kappa shape index (κ3) is 5.29. The summed E-state index contributed by atoms with van der Waals surface area (Å²) in [4.78, 5) is 51.0. The zero-order chi connectivity index (χ0) is 23.9. The van der Waals surface area contributed by atoms with Crippen LogP contribution in [0.3, 0.4) is 0 Å². The number of fused-ring (bicyclic) bond motifs is 1. The molecule has 8 heteroatoms. The van der Waals surface area contributed by atoms with E-state index in [1.165, 1.54) is 4.90 Å². The van der Waals surface area contributed by atoms with Crippen LogP contribution in [0.5, 0.6) is 5.75 Å². The Morgan fingerprint density at radius 3 is 2.44 bits per heavy atom. The Morgan fingerprint density at radius 2 is 1.62 bits per heavy atom. The third-order valence-corrected chi connectivity index (χ3v) is 5.19. The van der Waals surface area contributed by atoms with Crippen LogP contribution in [0.1, 0.15) is 22.3 Å². The van der Waals surface area contributed by atoms with E-state index >= 15 is 0 Å². The number of esters is 1. The summed E-state index contributed by atoms with van der Waals surface area (Å²) in [6.45, 7) is -0.510. The Hall–Kier alpha value is -4.46. The lowest BCUT2D eigenvalue weighted by Gasteiger charge is -2.28. The first kappa shape index (κ1) is 22.7. The minimum absolute atomic E-state index is 0.0869. The van der Waals surface area contributed by atoms with Crippen molar-refractivity contribution in [3.8, 4) is 5.75 Å². The summed E-state index contributed by atoms with van der Waals surface area (Å²) < 4.78 is 10.4. The molecule has 0 unspecified atom stereocenters. The number of benzene rings is 3. The van der Waals surface area contributed by atoms with Gasteiger partial charge in [-0.25, -0.2) is 0 Å². The van der Waals surface area contributed by atoms with Crippen LogP contribution in [0.2, 0.25) is 0 Å². The molecule has 4 rings (SSSR count). The Balaban J connectivity index is 1.31. The van der Waals surface area contributed by atoms with Crippen LogP contribution in [0.4, 0.5) is 11.4 Å². The standard InChI is InChI=1S/C26H22N2O6/c29-23(27-20-11-5-4-10-19(20)26(32)18-8-2-1-3-9-18)16-34-25(31)14-15-28-21-12-6-7-13-22(21)33-17-24(28)30/h1-13H,14-17H2,(H,27,29). The lowest BCUT2D eigenvalue weighted by molar-refractivity contribution is -0.147. The van der Waals surface area contributed by atoms with Crippen LogP contribution < -0.4 is 15.0 Å². The van der Waals surface area contributed by atoms with Gasteiger partial charge in [0.25, 0.3) is 11.8 Å². The van der Waals surface area contributed by atoms with E-state index in [0.717, 1.165) is 0 Å². The molecule has 1 heterocycles. The van der Waals surface area contributed by atoms with Crippen LogP contribution in [0.25, 0.3) is 0 Å². The molecule has 0 aliphatic carbocycles. The van der Waals surface area contributed by atoms with E-state index in [9.17, 15) is 19.2 Å². The third-order valence-electron chi connectivity index (χ3n) is 5.19. The van der Waals surface area contributed by atoms with Crippen molar-refractivity contribution in [3.63, 3.8) is 0 Å². The second kappa shape index (κ2) is 10.4. The molecular formula is C26H22N2O6. The van der Waals surface area contributed by atoms with Crippen molar-refractivity contribution in [1.29, 1.82) is 0 Å². The predicted octanol–water partition coefficient (Wildman–Crippen LogP) is 3.22. The summed E-state index contributed by atoms with van der Waals surface area (Å²) in [5.41, 5.74) is 1.74. The van der Waals surface area contributed by atoms with Crippen LogP contribution in [-0.2, 0) is 19.1 Å². The van der Waals surface area contributed by atoms with Gasteiger partial charge in [-0.15, -0.1) is 0 Å². The van der Waals surface area contributed by atoms with Crippen molar-refractivity contribution in [2.75, 3.05) is 30.0 Å².